The summed E-state index contributed by atoms with van der Waals surface area (Å²) in [5.74, 6) is -0.101. The number of rotatable bonds is 0. The van der Waals surface area contributed by atoms with E-state index in [0.717, 1.165) is 5.57 Å². The Morgan fingerprint density at radius 1 is 1.64 bits per heavy atom. The van der Waals surface area contributed by atoms with Gasteiger partial charge in [0.25, 0.3) is 0 Å². The van der Waals surface area contributed by atoms with E-state index in [9.17, 15) is 4.79 Å². The van der Waals surface area contributed by atoms with E-state index < -0.39 is 6.29 Å². The molecule has 1 saturated heterocycles. The van der Waals surface area contributed by atoms with Crippen molar-refractivity contribution in [1.29, 1.82) is 0 Å². The summed E-state index contributed by atoms with van der Waals surface area (Å²) in [6.07, 6.45) is -0.676. The van der Waals surface area contributed by atoms with Crippen molar-refractivity contribution >= 4 is 21.7 Å². The zero-order valence-corrected chi connectivity index (χ0v) is 7.55. The van der Waals surface area contributed by atoms with Crippen LogP contribution in [0, 0.1) is 0 Å². The molecule has 2 rings (SSSR count). The van der Waals surface area contributed by atoms with Gasteiger partial charge in [0.05, 0.1) is 11.1 Å². The topological polar surface area (TPSA) is 35.5 Å². The summed E-state index contributed by atoms with van der Waals surface area (Å²) >= 11 is 3.21. The van der Waals surface area contributed by atoms with Crippen LogP contribution in [0.2, 0.25) is 0 Å². The molecule has 0 aromatic carbocycles. The fourth-order valence-electron chi connectivity index (χ4n) is 1.21. The standard InChI is InChI=1S/C7H7BrO3/c1-3-4-2-10-7(11-4)6(9)5(3)8/h4,7H,2H2,1H3/t4-,7-/m1/s1. The molecule has 0 unspecified atom stereocenters. The van der Waals surface area contributed by atoms with Gasteiger partial charge in [-0.05, 0) is 28.4 Å². The molecular formula is C7H7BrO3. The van der Waals surface area contributed by atoms with Crippen LogP contribution >= 0.6 is 15.9 Å². The van der Waals surface area contributed by atoms with Gasteiger partial charge < -0.3 is 9.47 Å². The van der Waals surface area contributed by atoms with Crippen LogP contribution in [0.4, 0.5) is 0 Å². The summed E-state index contributed by atoms with van der Waals surface area (Å²) in [6, 6.07) is 0. The fraction of sp³-hybridized carbons (Fsp3) is 0.571. The molecule has 1 fully saturated rings. The Hall–Kier alpha value is -0.190. The summed E-state index contributed by atoms with van der Waals surface area (Å²) in [5, 5.41) is 0. The average molecular weight is 219 g/mol. The molecule has 0 amide bonds. The zero-order chi connectivity index (χ0) is 8.01. The van der Waals surface area contributed by atoms with E-state index in [1.807, 2.05) is 6.92 Å². The second-order valence-electron chi connectivity index (χ2n) is 2.65. The Balaban J connectivity index is 2.42. The molecule has 0 spiro atoms. The number of hydrogen-bond acceptors (Lipinski definition) is 3. The second-order valence-corrected chi connectivity index (χ2v) is 3.44. The van der Waals surface area contributed by atoms with Crippen molar-refractivity contribution in [2.75, 3.05) is 6.61 Å². The molecule has 2 aliphatic heterocycles. The Kier molecular flexibility index (Phi) is 1.63. The molecule has 0 saturated carbocycles. The van der Waals surface area contributed by atoms with Crippen molar-refractivity contribution in [2.24, 2.45) is 0 Å². The van der Waals surface area contributed by atoms with E-state index >= 15 is 0 Å². The van der Waals surface area contributed by atoms with Crippen molar-refractivity contribution in [1.82, 2.24) is 0 Å². The van der Waals surface area contributed by atoms with E-state index in [-0.39, 0.29) is 11.9 Å². The first kappa shape index (κ1) is 7.46. The van der Waals surface area contributed by atoms with Gasteiger partial charge in [0.1, 0.15) is 6.10 Å². The third-order valence-electron chi connectivity index (χ3n) is 1.95. The number of ketones is 1. The summed E-state index contributed by atoms with van der Waals surface area (Å²) in [5.41, 5.74) is 0.934. The Bertz CT molecular complexity index is 246. The van der Waals surface area contributed by atoms with Crippen LogP contribution in [0.1, 0.15) is 6.92 Å². The van der Waals surface area contributed by atoms with Crippen molar-refractivity contribution in [2.45, 2.75) is 19.3 Å². The van der Waals surface area contributed by atoms with Crippen LogP contribution in [-0.4, -0.2) is 24.8 Å². The largest absolute Gasteiger partial charge is 0.343 e. The zero-order valence-electron chi connectivity index (χ0n) is 5.96. The molecule has 3 nitrogen and oxygen atoms in total. The lowest BCUT2D eigenvalue weighted by molar-refractivity contribution is -0.142. The van der Waals surface area contributed by atoms with Crippen LogP contribution in [-0.2, 0) is 14.3 Å². The Morgan fingerprint density at radius 3 is 3.09 bits per heavy atom. The molecule has 0 aromatic rings. The number of halogens is 1. The van der Waals surface area contributed by atoms with Crippen molar-refractivity contribution in [3.8, 4) is 0 Å². The summed E-state index contributed by atoms with van der Waals surface area (Å²) in [6.45, 7) is 2.37. The molecular weight excluding hydrogens is 212 g/mol. The van der Waals surface area contributed by atoms with Crippen LogP contribution in [0.15, 0.2) is 10.1 Å². The van der Waals surface area contributed by atoms with Gasteiger partial charge >= 0.3 is 0 Å². The number of Topliss-reactive ketones (excluding diaryl/α,β-unsaturated/α-hetero) is 1. The van der Waals surface area contributed by atoms with Gasteiger partial charge in [0.15, 0.2) is 0 Å². The number of carbonyl (C=O) groups is 1. The molecule has 0 aliphatic carbocycles. The van der Waals surface area contributed by atoms with Gasteiger partial charge in [0, 0.05) is 0 Å². The average Bonchev–Trinajstić information content (AvgIpc) is 2.44. The molecule has 0 radical (unpaired) electrons. The SMILES string of the molecule is CC1=C(Br)C(=O)[C@@H]2OC[C@H]1O2. The first-order valence-electron chi connectivity index (χ1n) is 3.37. The third-order valence-corrected chi connectivity index (χ3v) is 2.96. The van der Waals surface area contributed by atoms with E-state index in [2.05, 4.69) is 15.9 Å². The van der Waals surface area contributed by atoms with Gasteiger partial charge in [-0.3, -0.25) is 4.79 Å². The normalized spacial score (nSPS) is 36.7. The molecule has 4 heteroatoms. The lowest BCUT2D eigenvalue weighted by atomic mass is 10.1. The van der Waals surface area contributed by atoms with Gasteiger partial charge in [-0.2, -0.15) is 0 Å². The molecule has 2 atom stereocenters. The third kappa shape index (κ3) is 0.972. The molecule has 0 N–H and O–H groups in total. The van der Waals surface area contributed by atoms with Gasteiger partial charge in [-0.1, -0.05) is 0 Å². The number of ether oxygens (including phenoxy) is 2. The van der Waals surface area contributed by atoms with E-state index in [1.165, 1.54) is 0 Å². The highest BCUT2D eigenvalue weighted by atomic mass is 79.9. The molecule has 0 aromatic heterocycles. The Morgan fingerprint density at radius 2 is 2.36 bits per heavy atom. The highest BCUT2D eigenvalue weighted by Gasteiger charge is 2.40. The smallest absolute Gasteiger partial charge is 0.225 e. The maximum atomic E-state index is 11.2. The van der Waals surface area contributed by atoms with Crippen molar-refractivity contribution in [3.05, 3.63) is 10.1 Å². The Labute approximate surface area is 72.5 Å². The maximum Gasteiger partial charge on any atom is 0.225 e. The van der Waals surface area contributed by atoms with Crippen LogP contribution in [0.25, 0.3) is 0 Å². The van der Waals surface area contributed by atoms with Gasteiger partial charge in [-0.25, -0.2) is 0 Å². The number of fused-ring (bicyclic) bond motifs is 2. The second kappa shape index (κ2) is 2.40. The van der Waals surface area contributed by atoms with Crippen molar-refractivity contribution < 1.29 is 14.3 Å². The molecule has 60 valence electrons. The minimum Gasteiger partial charge on any atom is -0.343 e. The van der Waals surface area contributed by atoms with Crippen LogP contribution in [0.5, 0.6) is 0 Å². The monoisotopic (exact) mass is 218 g/mol. The van der Waals surface area contributed by atoms with Gasteiger partial charge in [0.2, 0.25) is 12.1 Å². The summed E-state index contributed by atoms with van der Waals surface area (Å²) in [4.78, 5) is 11.2. The number of hydrogen-bond donors (Lipinski definition) is 0. The lowest BCUT2D eigenvalue weighted by Crippen LogP contribution is -2.28. The summed E-state index contributed by atoms with van der Waals surface area (Å²) in [7, 11) is 0. The summed E-state index contributed by atoms with van der Waals surface area (Å²) < 4.78 is 10.9. The number of carbonyl (C=O) groups excluding carboxylic acids is 1. The minimum absolute atomic E-state index is 0.0212. The van der Waals surface area contributed by atoms with E-state index in [0.29, 0.717) is 11.1 Å². The lowest BCUT2D eigenvalue weighted by Gasteiger charge is -2.18. The van der Waals surface area contributed by atoms with E-state index in [1.54, 1.807) is 0 Å². The molecule has 2 aliphatic rings. The highest BCUT2D eigenvalue weighted by Crippen LogP contribution is 2.31. The predicted molar refractivity (Wildman–Crippen MR) is 41.2 cm³/mol. The van der Waals surface area contributed by atoms with E-state index in [4.69, 9.17) is 9.47 Å². The van der Waals surface area contributed by atoms with Gasteiger partial charge in [-0.15, -0.1) is 0 Å². The quantitative estimate of drug-likeness (QED) is 0.609. The van der Waals surface area contributed by atoms with Crippen LogP contribution < -0.4 is 0 Å². The minimum atomic E-state index is -0.655. The fourth-order valence-corrected chi connectivity index (χ4v) is 1.65. The molecule has 2 bridgehead atoms. The van der Waals surface area contributed by atoms with Crippen LogP contribution in [0.3, 0.4) is 0 Å². The first-order valence-corrected chi connectivity index (χ1v) is 4.17. The van der Waals surface area contributed by atoms with Crippen molar-refractivity contribution in [3.63, 3.8) is 0 Å². The molecule has 2 heterocycles. The highest BCUT2D eigenvalue weighted by molar-refractivity contribution is 9.12. The first-order chi connectivity index (χ1) is 5.20. The maximum absolute atomic E-state index is 11.2. The molecule has 11 heavy (non-hydrogen) atoms. The predicted octanol–water partition coefficient (Wildman–Crippen LogP) is 0.979.